The minimum absolute atomic E-state index is 0.171. The molecular formula is C24H16BrI2N3O3S. The quantitative estimate of drug-likeness (QED) is 0.118. The molecule has 0 saturated heterocycles. The molecule has 0 aliphatic carbocycles. The molecule has 172 valence electrons. The second-order valence-electron chi connectivity index (χ2n) is 7.29. The monoisotopic (exact) mass is 759 g/mol. The van der Waals surface area contributed by atoms with E-state index in [0.717, 1.165) is 18.1 Å². The SMILES string of the molecule is Cc1cc(NC(=S)NC(=O)c2cc(I)cc(I)c2Br)ccc1NC(=O)c1cc2ccccc2o1. The Kier molecular flexibility index (Phi) is 7.90. The van der Waals surface area contributed by atoms with Gasteiger partial charge < -0.3 is 15.1 Å². The fraction of sp³-hybridized carbons (Fsp3) is 0.0417. The summed E-state index contributed by atoms with van der Waals surface area (Å²) in [7, 11) is 0. The van der Waals surface area contributed by atoms with E-state index < -0.39 is 0 Å². The number of amides is 2. The van der Waals surface area contributed by atoms with Crippen LogP contribution < -0.4 is 16.0 Å². The molecule has 1 heterocycles. The molecule has 10 heteroatoms. The number of carbonyl (C=O) groups is 2. The average Bonchev–Trinajstić information content (AvgIpc) is 3.22. The molecule has 0 atom stereocenters. The van der Waals surface area contributed by atoms with Crippen molar-refractivity contribution in [2.24, 2.45) is 0 Å². The number of carbonyl (C=O) groups excluding carboxylic acids is 2. The summed E-state index contributed by atoms with van der Waals surface area (Å²) in [5.74, 6) is -0.407. The summed E-state index contributed by atoms with van der Waals surface area (Å²) in [5.41, 5.74) is 3.30. The summed E-state index contributed by atoms with van der Waals surface area (Å²) in [6.45, 7) is 1.87. The van der Waals surface area contributed by atoms with Crippen molar-refractivity contribution in [1.82, 2.24) is 5.32 Å². The normalized spacial score (nSPS) is 10.7. The molecule has 6 nitrogen and oxygen atoms in total. The van der Waals surface area contributed by atoms with Gasteiger partial charge in [-0.1, -0.05) is 18.2 Å². The number of thiocarbonyl (C=S) groups is 1. The Balaban J connectivity index is 1.41. The van der Waals surface area contributed by atoms with Crippen LogP contribution in [0.25, 0.3) is 11.0 Å². The smallest absolute Gasteiger partial charge is 0.291 e. The van der Waals surface area contributed by atoms with Gasteiger partial charge in [-0.15, -0.1) is 0 Å². The van der Waals surface area contributed by atoms with Crippen LogP contribution in [0.2, 0.25) is 0 Å². The van der Waals surface area contributed by atoms with Gasteiger partial charge in [0.15, 0.2) is 10.9 Å². The zero-order valence-corrected chi connectivity index (χ0v) is 24.3. The van der Waals surface area contributed by atoms with Crippen molar-refractivity contribution >= 4 is 113 Å². The Morgan fingerprint density at radius 3 is 2.47 bits per heavy atom. The van der Waals surface area contributed by atoms with E-state index in [-0.39, 0.29) is 22.7 Å². The van der Waals surface area contributed by atoms with Gasteiger partial charge in [-0.25, -0.2) is 0 Å². The van der Waals surface area contributed by atoms with Crippen molar-refractivity contribution in [3.63, 3.8) is 0 Å². The molecule has 4 rings (SSSR count). The van der Waals surface area contributed by atoms with Crippen LogP contribution >= 0.6 is 73.3 Å². The Hall–Kier alpha value is -2.03. The summed E-state index contributed by atoms with van der Waals surface area (Å²) in [6, 6.07) is 18.3. The summed E-state index contributed by atoms with van der Waals surface area (Å²) < 4.78 is 8.23. The highest BCUT2D eigenvalue weighted by Gasteiger charge is 2.16. The molecule has 3 N–H and O–H groups in total. The summed E-state index contributed by atoms with van der Waals surface area (Å²) in [5, 5.41) is 9.62. The fourth-order valence-corrected chi connectivity index (χ4v) is 5.68. The lowest BCUT2D eigenvalue weighted by Crippen LogP contribution is -2.34. The number of aryl methyl sites for hydroxylation is 1. The lowest BCUT2D eigenvalue weighted by atomic mass is 10.1. The van der Waals surface area contributed by atoms with Gasteiger partial charge >= 0.3 is 0 Å². The van der Waals surface area contributed by atoms with E-state index >= 15 is 0 Å². The first-order chi connectivity index (χ1) is 16.2. The van der Waals surface area contributed by atoms with Crippen LogP contribution in [-0.4, -0.2) is 16.9 Å². The van der Waals surface area contributed by atoms with E-state index in [2.05, 4.69) is 77.1 Å². The van der Waals surface area contributed by atoms with Crippen molar-refractivity contribution < 1.29 is 14.0 Å². The van der Waals surface area contributed by atoms with Crippen molar-refractivity contribution in [2.45, 2.75) is 6.92 Å². The van der Waals surface area contributed by atoms with Gasteiger partial charge in [0.1, 0.15) is 5.58 Å². The van der Waals surface area contributed by atoms with E-state index in [0.29, 0.717) is 27.0 Å². The van der Waals surface area contributed by atoms with Crippen LogP contribution in [0.15, 0.2) is 69.6 Å². The molecule has 0 aliphatic heterocycles. The second-order valence-corrected chi connectivity index (χ2v) is 10.9. The minimum Gasteiger partial charge on any atom is -0.451 e. The first-order valence-corrected chi connectivity index (χ1v) is 13.2. The standard InChI is InChI=1S/C24H16BrI2N3O3S/c1-12-8-15(28-24(34)30-22(31)16-10-14(26)11-17(27)21(16)25)6-7-18(12)29-23(32)20-9-13-4-2-3-5-19(13)33-20/h2-11H,1H3,(H,29,32)(H2,28,30,31,34). The highest BCUT2D eigenvalue weighted by Crippen LogP contribution is 2.27. The number of furan rings is 1. The third-order valence-corrected chi connectivity index (χ3v) is 8.12. The molecule has 0 unspecified atom stereocenters. The van der Waals surface area contributed by atoms with Crippen molar-refractivity contribution in [3.05, 3.63) is 89.2 Å². The first kappa shape index (κ1) is 25.1. The third kappa shape index (κ3) is 5.78. The molecular weight excluding hydrogens is 744 g/mol. The maximum Gasteiger partial charge on any atom is 0.291 e. The highest BCUT2D eigenvalue weighted by atomic mass is 127. The van der Waals surface area contributed by atoms with Crippen molar-refractivity contribution in [2.75, 3.05) is 10.6 Å². The second kappa shape index (κ2) is 10.7. The predicted molar refractivity (Wildman–Crippen MR) is 159 cm³/mol. The number of hydrogen-bond donors (Lipinski definition) is 3. The van der Waals surface area contributed by atoms with E-state index in [1.54, 1.807) is 24.3 Å². The van der Waals surface area contributed by atoms with Gasteiger partial charge in [-0.05, 0) is 128 Å². The van der Waals surface area contributed by atoms with E-state index in [1.807, 2.05) is 43.3 Å². The number of anilines is 2. The molecule has 0 spiro atoms. The number of halogens is 3. The topological polar surface area (TPSA) is 83.4 Å². The summed E-state index contributed by atoms with van der Waals surface area (Å²) in [6.07, 6.45) is 0. The molecule has 0 saturated carbocycles. The molecule has 0 fully saturated rings. The van der Waals surface area contributed by atoms with Gasteiger partial charge in [0.25, 0.3) is 11.8 Å². The summed E-state index contributed by atoms with van der Waals surface area (Å²) in [4.78, 5) is 25.3. The van der Waals surface area contributed by atoms with E-state index in [9.17, 15) is 9.59 Å². The third-order valence-electron chi connectivity index (χ3n) is 4.85. The van der Waals surface area contributed by atoms with Gasteiger partial charge in [0.2, 0.25) is 0 Å². The van der Waals surface area contributed by atoms with Gasteiger partial charge in [-0.2, -0.15) is 0 Å². The molecule has 0 radical (unpaired) electrons. The number of hydrogen-bond acceptors (Lipinski definition) is 4. The van der Waals surface area contributed by atoms with Gasteiger partial charge in [-0.3, -0.25) is 14.9 Å². The average molecular weight is 760 g/mol. The van der Waals surface area contributed by atoms with Crippen LogP contribution in [0.1, 0.15) is 26.5 Å². The zero-order chi connectivity index (χ0) is 24.4. The largest absolute Gasteiger partial charge is 0.451 e. The number of nitrogens with one attached hydrogen (secondary N) is 3. The van der Waals surface area contributed by atoms with Crippen LogP contribution in [0.5, 0.6) is 0 Å². The van der Waals surface area contributed by atoms with Gasteiger partial charge in [0, 0.05) is 28.4 Å². The van der Waals surface area contributed by atoms with Crippen molar-refractivity contribution in [1.29, 1.82) is 0 Å². The van der Waals surface area contributed by atoms with E-state index in [1.165, 1.54) is 0 Å². The molecule has 34 heavy (non-hydrogen) atoms. The number of fused-ring (bicyclic) bond motifs is 1. The number of rotatable bonds is 4. The Bertz CT molecular complexity index is 1420. The minimum atomic E-state index is -0.333. The maximum atomic E-state index is 12.7. The predicted octanol–water partition coefficient (Wildman–Crippen LogP) is 7.09. The highest BCUT2D eigenvalue weighted by molar-refractivity contribution is 14.1. The Morgan fingerprint density at radius 1 is 0.971 bits per heavy atom. The van der Waals surface area contributed by atoms with Gasteiger partial charge in [0.05, 0.1) is 5.56 Å². The molecule has 1 aromatic heterocycles. The number of para-hydroxylation sites is 1. The van der Waals surface area contributed by atoms with E-state index in [4.69, 9.17) is 16.6 Å². The molecule has 4 aromatic rings. The van der Waals surface area contributed by atoms with Crippen molar-refractivity contribution in [3.8, 4) is 0 Å². The molecule has 2 amide bonds. The zero-order valence-electron chi connectivity index (χ0n) is 17.5. The Morgan fingerprint density at radius 2 is 1.74 bits per heavy atom. The lowest BCUT2D eigenvalue weighted by Gasteiger charge is -2.13. The van der Waals surface area contributed by atoms with Crippen LogP contribution in [0, 0.1) is 14.1 Å². The van der Waals surface area contributed by atoms with Crippen LogP contribution in [0.3, 0.4) is 0 Å². The molecule has 0 bridgehead atoms. The Labute approximate surface area is 236 Å². The maximum absolute atomic E-state index is 12.7. The lowest BCUT2D eigenvalue weighted by molar-refractivity contribution is 0.0974. The van der Waals surface area contributed by atoms with Crippen LogP contribution in [-0.2, 0) is 0 Å². The fourth-order valence-electron chi connectivity index (χ4n) is 3.21. The molecule has 0 aliphatic rings. The summed E-state index contributed by atoms with van der Waals surface area (Å²) >= 11 is 13.1. The molecule has 3 aromatic carbocycles. The number of benzene rings is 3. The first-order valence-electron chi connectivity index (χ1n) is 9.89. The van der Waals surface area contributed by atoms with Crippen LogP contribution in [0.4, 0.5) is 11.4 Å².